The van der Waals surface area contributed by atoms with Crippen LogP contribution in [0.2, 0.25) is 0 Å². The van der Waals surface area contributed by atoms with Gasteiger partial charge in [-0.05, 0) is 30.5 Å². The monoisotopic (exact) mass is 383 g/mol. The highest BCUT2D eigenvalue weighted by molar-refractivity contribution is 5.45. The maximum atomic E-state index is 5.59. The van der Waals surface area contributed by atoms with Gasteiger partial charge in [0, 0.05) is 25.9 Å². The Bertz CT molecular complexity index is 983. The fraction of sp³-hybridized carbons (Fsp3) is 0.474. The quantitative estimate of drug-likeness (QED) is 0.637. The molecule has 0 saturated carbocycles. The number of aromatic nitrogens is 5. The van der Waals surface area contributed by atoms with Crippen molar-refractivity contribution in [1.29, 1.82) is 0 Å². The molecule has 1 aliphatic heterocycles. The Morgan fingerprint density at radius 1 is 1.25 bits per heavy atom. The van der Waals surface area contributed by atoms with Gasteiger partial charge in [0.25, 0.3) is 0 Å². The van der Waals surface area contributed by atoms with Gasteiger partial charge in [0.15, 0.2) is 17.3 Å². The summed E-state index contributed by atoms with van der Waals surface area (Å²) in [4.78, 5) is 4.65. The van der Waals surface area contributed by atoms with Crippen molar-refractivity contribution in [3.8, 4) is 11.5 Å². The van der Waals surface area contributed by atoms with Gasteiger partial charge in [0.05, 0.1) is 24.5 Å². The first-order valence-electron chi connectivity index (χ1n) is 9.41. The van der Waals surface area contributed by atoms with Gasteiger partial charge >= 0.3 is 0 Å². The molecule has 9 heteroatoms. The normalized spacial score (nSPS) is 17.7. The molecule has 2 aromatic heterocycles. The number of ether oxygens (including phenoxy) is 3. The van der Waals surface area contributed by atoms with E-state index in [1.165, 1.54) is 0 Å². The standard InChI is InChI=1S/C19H21N5O4/c1-25-7-6-24-15-10-13(3-4-14(15)21-23-24)19-20-18(22-28-19)9-12-2-5-16-17(8-12)27-11-26-16/h2,5,8,13H,3-4,6-7,9-11H2,1H3. The maximum absolute atomic E-state index is 5.59. The fourth-order valence-electron chi connectivity index (χ4n) is 3.74. The van der Waals surface area contributed by atoms with Crippen LogP contribution in [-0.2, 0) is 30.5 Å². The summed E-state index contributed by atoms with van der Waals surface area (Å²) < 4.78 is 23.5. The third kappa shape index (κ3) is 3.22. The van der Waals surface area contributed by atoms with Crippen LogP contribution in [0.3, 0.4) is 0 Å². The molecule has 1 atom stereocenters. The molecule has 5 rings (SSSR count). The summed E-state index contributed by atoms with van der Waals surface area (Å²) in [6.07, 6.45) is 3.19. The lowest BCUT2D eigenvalue weighted by molar-refractivity contribution is 0.174. The highest BCUT2D eigenvalue weighted by atomic mass is 16.7. The molecule has 28 heavy (non-hydrogen) atoms. The molecule has 0 radical (unpaired) electrons. The van der Waals surface area contributed by atoms with Crippen LogP contribution in [0.15, 0.2) is 22.7 Å². The molecule has 2 aliphatic rings. The zero-order valence-electron chi connectivity index (χ0n) is 15.6. The highest BCUT2D eigenvalue weighted by Gasteiger charge is 2.29. The first-order chi connectivity index (χ1) is 13.8. The number of hydrogen-bond acceptors (Lipinski definition) is 8. The summed E-state index contributed by atoms with van der Waals surface area (Å²) in [5.41, 5.74) is 3.26. The lowest BCUT2D eigenvalue weighted by Gasteiger charge is -2.19. The summed E-state index contributed by atoms with van der Waals surface area (Å²) in [6.45, 7) is 1.58. The molecular formula is C19H21N5O4. The summed E-state index contributed by atoms with van der Waals surface area (Å²) in [7, 11) is 1.69. The first-order valence-corrected chi connectivity index (χ1v) is 9.41. The number of methoxy groups -OCH3 is 1. The van der Waals surface area contributed by atoms with Crippen LogP contribution in [0, 0.1) is 0 Å². The summed E-state index contributed by atoms with van der Waals surface area (Å²) in [5.74, 6) is 3.07. The Labute approximate surface area is 161 Å². The van der Waals surface area contributed by atoms with E-state index in [1.54, 1.807) is 7.11 Å². The third-order valence-corrected chi connectivity index (χ3v) is 5.23. The Hall–Kier alpha value is -2.94. The second-order valence-electron chi connectivity index (χ2n) is 7.05. The van der Waals surface area contributed by atoms with Crippen LogP contribution in [0.5, 0.6) is 11.5 Å². The molecular weight excluding hydrogens is 362 g/mol. The minimum Gasteiger partial charge on any atom is -0.454 e. The molecule has 3 heterocycles. The van der Waals surface area contributed by atoms with Crippen molar-refractivity contribution in [3.63, 3.8) is 0 Å². The highest BCUT2D eigenvalue weighted by Crippen LogP contribution is 2.34. The summed E-state index contributed by atoms with van der Waals surface area (Å²) >= 11 is 0. The van der Waals surface area contributed by atoms with Crippen molar-refractivity contribution < 1.29 is 18.7 Å². The number of rotatable bonds is 6. The van der Waals surface area contributed by atoms with Crippen LogP contribution >= 0.6 is 0 Å². The number of nitrogens with zero attached hydrogens (tertiary/aromatic N) is 5. The number of fused-ring (bicyclic) bond motifs is 2. The lowest BCUT2D eigenvalue weighted by atomic mass is 9.89. The van der Waals surface area contributed by atoms with Crippen LogP contribution in [0.25, 0.3) is 0 Å². The van der Waals surface area contributed by atoms with Gasteiger partial charge in [0.1, 0.15) is 0 Å². The van der Waals surface area contributed by atoms with Crippen molar-refractivity contribution in [2.24, 2.45) is 0 Å². The van der Waals surface area contributed by atoms with Crippen LogP contribution in [0.1, 0.15) is 41.0 Å². The maximum Gasteiger partial charge on any atom is 0.231 e. The number of aryl methyl sites for hydroxylation is 1. The van der Waals surface area contributed by atoms with E-state index >= 15 is 0 Å². The minimum absolute atomic E-state index is 0.185. The van der Waals surface area contributed by atoms with Gasteiger partial charge in [-0.15, -0.1) is 5.10 Å². The molecule has 1 unspecified atom stereocenters. The predicted molar refractivity (Wildman–Crippen MR) is 96.3 cm³/mol. The average Bonchev–Trinajstić information content (AvgIpc) is 3.45. The Kier molecular flexibility index (Phi) is 4.44. The topological polar surface area (TPSA) is 97.3 Å². The van der Waals surface area contributed by atoms with Gasteiger partial charge < -0.3 is 18.7 Å². The predicted octanol–water partition coefficient (Wildman–Crippen LogP) is 1.90. The summed E-state index contributed by atoms with van der Waals surface area (Å²) in [6, 6.07) is 5.87. The van der Waals surface area contributed by atoms with E-state index in [0.717, 1.165) is 47.7 Å². The van der Waals surface area contributed by atoms with Crippen molar-refractivity contribution in [3.05, 3.63) is 46.9 Å². The van der Waals surface area contributed by atoms with E-state index < -0.39 is 0 Å². The largest absolute Gasteiger partial charge is 0.454 e. The third-order valence-electron chi connectivity index (χ3n) is 5.23. The van der Waals surface area contributed by atoms with E-state index in [4.69, 9.17) is 18.7 Å². The zero-order valence-corrected chi connectivity index (χ0v) is 15.6. The van der Waals surface area contributed by atoms with Crippen molar-refractivity contribution in [2.75, 3.05) is 20.5 Å². The average molecular weight is 383 g/mol. The van der Waals surface area contributed by atoms with E-state index in [0.29, 0.717) is 31.3 Å². The summed E-state index contributed by atoms with van der Waals surface area (Å²) in [5, 5.41) is 12.7. The van der Waals surface area contributed by atoms with Gasteiger partial charge in [-0.1, -0.05) is 16.4 Å². The number of hydrogen-bond donors (Lipinski definition) is 0. The van der Waals surface area contributed by atoms with Gasteiger partial charge in [-0.25, -0.2) is 4.68 Å². The smallest absolute Gasteiger partial charge is 0.231 e. The Morgan fingerprint density at radius 2 is 2.18 bits per heavy atom. The second kappa shape index (κ2) is 7.23. The van der Waals surface area contributed by atoms with E-state index in [-0.39, 0.29) is 12.7 Å². The molecule has 1 aliphatic carbocycles. The molecule has 1 aromatic carbocycles. The van der Waals surface area contributed by atoms with Crippen LogP contribution in [-0.4, -0.2) is 45.6 Å². The number of benzene rings is 1. The molecule has 0 spiro atoms. The molecule has 3 aromatic rings. The fourth-order valence-corrected chi connectivity index (χ4v) is 3.74. The molecule has 146 valence electrons. The van der Waals surface area contributed by atoms with Crippen LogP contribution < -0.4 is 9.47 Å². The Morgan fingerprint density at radius 3 is 3.11 bits per heavy atom. The van der Waals surface area contributed by atoms with Crippen LogP contribution in [0.4, 0.5) is 0 Å². The molecule has 0 N–H and O–H groups in total. The van der Waals surface area contributed by atoms with Crippen molar-refractivity contribution in [1.82, 2.24) is 25.1 Å². The van der Waals surface area contributed by atoms with E-state index in [9.17, 15) is 0 Å². The molecule has 9 nitrogen and oxygen atoms in total. The second-order valence-corrected chi connectivity index (χ2v) is 7.05. The zero-order chi connectivity index (χ0) is 18.9. The molecule has 0 amide bonds. The van der Waals surface area contributed by atoms with Gasteiger partial charge in [-0.3, -0.25) is 0 Å². The van der Waals surface area contributed by atoms with E-state index in [2.05, 4.69) is 20.5 Å². The van der Waals surface area contributed by atoms with Gasteiger partial charge in [0.2, 0.25) is 12.7 Å². The molecule has 0 saturated heterocycles. The molecule has 0 fully saturated rings. The van der Waals surface area contributed by atoms with Gasteiger partial charge in [-0.2, -0.15) is 4.98 Å². The van der Waals surface area contributed by atoms with Crippen molar-refractivity contribution in [2.45, 2.75) is 38.1 Å². The lowest BCUT2D eigenvalue weighted by Crippen LogP contribution is -2.18. The first kappa shape index (κ1) is 17.2. The van der Waals surface area contributed by atoms with Crippen molar-refractivity contribution >= 4 is 0 Å². The SMILES string of the molecule is COCCn1nnc2c1CC(c1nc(Cc3ccc4c(c3)OCO4)no1)CC2. The molecule has 0 bridgehead atoms. The Balaban J connectivity index is 1.29. The van der Waals surface area contributed by atoms with E-state index in [1.807, 2.05) is 22.9 Å². The minimum atomic E-state index is 0.185.